The zero-order valence-corrected chi connectivity index (χ0v) is 16.8. The monoisotopic (exact) mass is 436 g/mol. The first-order valence-corrected chi connectivity index (χ1v) is 10.7. The predicted molar refractivity (Wildman–Crippen MR) is 106 cm³/mol. The van der Waals surface area contributed by atoms with Gasteiger partial charge in [-0.2, -0.15) is 13.2 Å². The molecule has 0 aliphatic heterocycles. The van der Waals surface area contributed by atoms with E-state index in [4.69, 9.17) is 0 Å². The van der Waals surface area contributed by atoms with Crippen molar-refractivity contribution in [2.24, 2.45) is 0 Å². The van der Waals surface area contributed by atoms with Crippen molar-refractivity contribution in [3.05, 3.63) is 66.6 Å². The van der Waals surface area contributed by atoms with E-state index in [1.807, 2.05) is 4.57 Å². The quantitative estimate of drug-likeness (QED) is 0.587. The third kappa shape index (κ3) is 4.19. The van der Waals surface area contributed by atoms with Crippen molar-refractivity contribution in [3.63, 3.8) is 0 Å². The molecular weight excluding hydrogens is 417 g/mol. The summed E-state index contributed by atoms with van der Waals surface area (Å²) in [4.78, 5) is 6.69. The second kappa shape index (κ2) is 7.44. The number of nitrogens with zero attached hydrogens (tertiary/aromatic N) is 3. The first-order chi connectivity index (χ1) is 14.1. The third-order valence-corrected chi connectivity index (χ3v) is 6.25. The van der Waals surface area contributed by atoms with Gasteiger partial charge in [-0.15, -0.1) is 4.83 Å². The van der Waals surface area contributed by atoms with Crippen molar-refractivity contribution >= 4 is 15.7 Å². The molecule has 0 saturated heterocycles. The molecule has 1 aliphatic carbocycles. The van der Waals surface area contributed by atoms with E-state index in [0.717, 1.165) is 25.0 Å². The van der Waals surface area contributed by atoms with E-state index in [0.29, 0.717) is 11.7 Å². The van der Waals surface area contributed by atoms with Gasteiger partial charge in [-0.1, -0.05) is 18.2 Å². The molecule has 0 radical (unpaired) electrons. The molecule has 1 fully saturated rings. The molecule has 10 heteroatoms. The van der Waals surface area contributed by atoms with Crippen molar-refractivity contribution in [2.45, 2.75) is 30.0 Å². The van der Waals surface area contributed by atoms with Gasteiger partial charge < -0.3 is 4.57 Å². The topological polar surface area (TPSA) is 67.2 Å². The van der Waals surface area contributed by atoms with Gasteiger partial charge >= 0.3 is 6.18 Å². The number of imidazole rings is 1. The minimum Gasteiger partial charge on any atom is -0.334 e. The van der Waals surface area contributed by atoms with Crippen molar-refractivity contribution in [2.75, 3.05) is 12.1 Å². The Kier molecular flexibility index (Phi) is 5.07. The summed E-state index contributed by atoms with van der Waals surface area (Å²) in [6.07, 6.45) is 0.750. The number of alkyl halides is 3. The minimum atomic E-state index is -4.53. The molecule has 1 N–H and O–H groups in total. The fraction of sp³-hybridized carbons (Fsp3) is 0.250. The number of benzene rings is 2. The van der Waals surface area contributed by atoms with Crippen LogP contribution >= 0.6 is 0 Å². The Morgan fingerprint density at radius 3 is 2.47 bits per heavy atom. The molecule has 4 rings (SSSR count). The highest BCUT2D eigenvalue weighted by Crippen LogP contribution is 2.39. The summed E-state index contributed by atoms with van der Waals surface area (Å²) in [6.45, 7) is 0. The lowest BCUT2D eigenvalue weighted by atomic mass is 10.1. The average Bonchev–Trinajstić information content (AvgIpc) is 3.44. The molecule has 1 heterocycles. The van der Waals surface area contributed by atoms with E-state index in [9.17, 15) is 21.6 Å². The van der Waals surface area contributed by atoms with E-state index >= 15 is 0 Å². The van der Waals surface area contributed by atoms with Crippen molar-refractivity contribution in [1.82, 2.24) is 14.4 Å². The summed E-state index contributed by atoms with van der Waals surface area (Å²) in [5, 5.41) is 1.19. The number of hydrogen-bond donors (Lipinski definition) is 1. The molecule has 2 aromatic carbocycles. The van der Waals surface area contributed by atoms with Crippen LogP contribution in [0.2, 0.25) is 0 Å². The maximum Gasteiger partial charge on any atom is 0.416 e. The number of nitrogens with one attached hydrogen (secondary N) is 1. The molecular formula is C20H19F3N4O2S. The van der Waals surface area contributed by atoms with Crippen LogP contribution in [0.5, 0.6) is 0 Å². The molecule has 0 unspecified atom stereocenters. The lowest BCUT2D eigenvalue weighted by Gasteiger charge is -2.23. The zero-order chi connectivity index (χ0) is 21.5. The normalized spacial score (nSPS) is 14.7. The molecule has 0 amide bonds. The summed E-state index contributed by atoms with van der Waals surface area (Å²) in [5.74, 6) is 0. The van der Waals surface area contributed by atoms with E-state index in [1.54, 1.807) is 30.7 Å². The van der Waals surface area contributed by atoms with Gasteiger partial charge in [0.2, 0.25) is 0 Å². The molecule has 1 aliphatic rings. The van der Waals surface area contributed by atoms with Crippen molar-refractivity contribution < 1.29 is 21.6 Å². The van der Waals surface area contributed by atoms with Gasteiger partial charge in [0.1, 0.15) is 0 Å². The van der Waals surface area contributed by atoms with Crippen LogP contribution in [0.1, 0.15) is 24.4 Å². The van der Waals surface area contributed by atoms with Gasteiger partial charge in [0.25, 0.3) is 10.0 Å². The number of sulfonamides is 1. The van der Waals surface area contributed by atoms with Gasteiger partial charge in [0, 0.05) is 24.8 Å². The highest BCUT2D eigenvalue weighted by atomic mass is 32.2. The Hall–Kier alpha value is -2.85. The lowest BCUT2D eigenvalue weighted by molar-refractivity contribution is -0.137. The van der Waals surface area contributed by atoms with Crippen LogP contribution in [0.4, 0.5) is 18.9 Å². The molecule has 3 aromatic rings. The number of rotatable bonds is 6. The van der Waals surface area contributed by atoms with Gasteiger partial charge in [0.15, 0.2) is 0 Å². The minimum absolute atomic E-state index is 0.0447. The largest absolute Gasteiger partial charge is 0.416 e. The number of hydrazine groups is 1. The summed E-state index contributed by atoms with van der Waals surface area (Å²) in [6, 6.07) is 11.2. The lowest BCUT2D eigenvalue weighted by Crippen LogP contribution is -2.39. The number of hydrogen-bond acceptors (Lipinski definition) is 4. The Morgan fingerprint density at radius 2 is 1.83 bits per heavy atom. The average molecular weight is 436 g/mol. The smallest absolute Gasteiger partial charge is 0.334 e. The maximum absolute atomic E-state index is 13.3. The van der Waals surface area contributed by atoms with Gasteiger partial charge in [0.05, 0.1) is 28.2 Å². The highest BCUT2D eigenvalue weighted by molar-refractivity contribution is 7.89. The van der Waals surface area contributed by atoms with E-state index in [1.165, 1.54) is 30.3 Å². The molecule has 158 valence electrons. The van der Waals surface area contributed by atoms with E-state index < -0.39 is 21.8 Å². The first-order valence-electron chi connectivity index (χ1n) is 9.21. The predicted octanol–water partition coefficient (Wildman–Crippen LogP) is 4.23. The standard InChI is InChI=1S/C20H19F3N4O2S/c1-26(25-30(28,29)16-5-3-2-4-6-16)19-10-7-14(20(21,22)23)11-17(19)18-12-27(13-24-18)15-8-9-15/h2-7,10-13,15,25H,8-9H2,1H3. The Bertz CT molecular complexity index is 1160. The summed E-state index contributed by atoms with van der Waals surface area (Å²) >= 11 is 0. The van der Waals surface area contributed by atoms with E-state index in [-0.39, 0.29) is 16.1 Å². The van der Waals surface area contributed by atoms with Gasteiger partial charge in [-0.05, 0) is 43.2 Å². The van der Waals surface area contributed by atoms with Gasteiger partial charge in [-0.25, -0.2) is 13.4 Å². The number of anilines is 1. The molecule has 6 nitrogen and oxygen atoms in total. The number of aromatic nitrogens is 2. The fourth-order valence-corrected chi connectivity index (χ4v) is 4.22. The maximum atomic E-state index is 13.3. The molecule has 0 bridgehead atoms. The third-order valence-electron chi connectivity index (χ3n) is 4.84. The van der Waals surface area contributed by atoms with Crippen LogP contribution in [-0.4, -0.2) is 25.0 Å². The second-order valence-electron chi connectivity index (χ2n) is 7.13. The van der Waals surface area contributed by atoms with Crippen LogP contribution < -0.4 is 9.84 Å². The SMILES string of the molecule is CN(NS(=O)(=O)c1ccccc1)c1ccc(C(F)(F)F)cc1-c1cn(C2CC2)cn1. The first kappa shape index (κ1) is 20.4. The molecule has 1 aromatic heterocycles. The summed E-state index contributed by atoms with van der Waals surface area (Å²) in [5.41, 5.74) is -0.0543. The summed E-state index contributed by atoms with van der Waals surface area (Å²) in [7, 11) is -2.48. The van der Waals surface area contributed by atoms with Crippen molar-refractivity contribution in [1.29, 1.82) is 0 Å². The second-order valence-corrected chi connectivity index (χ2v) is 8.79. The van der Waals surface area contributed by atoms with Gasteiger partial charge in [-0.3, -0.25) is 5.01 Å². The molecule has 30 heavy (non-hydrogen) atoms. The van der Waals surface area contributed by atoms with Crippen LogP contribution in [0.3, 0.4) is 0 Å². The highest BCUT2D eigenvalue weighted by Gasteiger charge is 2.32. The van der Waals surface area contributed by atoms with Crippen molar-refractivity contribution in [3.8, 4) is 11.3 Å². The van der Waals surface area contributed by atoms with Crippen LogP contribution in [0.25, 0.3) is 11.3 Å². The van der Waals surface area contributed by atoms with Crippen LogP contribution in [0, 0.1) is 0 Å². The Labute approximate surface area is 172 Å². The number of halogens is 3. The Morgan fingerprint density at radius 1 is 1.13 bits per heavy atom. The van der Waals surface area contributed by atoms with E-state index in [2.05, 4.69) is 9.82 Å². The fourth-order valence-electron chi connectivity index (χ4n) is 3.14. The molecule has 1 saturated carbocycles. The molecule has 0 spiro atoms. The van der Waals surface area contributed by atoms with Crippen LogP contribution in [-0.2, 0) is 16.2 Å². The Balaban J connectivity index is 1.72. The zero-order valence-electron chi connectivity index (χ0n) is 16.0. The molecule has 0 atom stereocenters. The summed E-state index contributed by atoms with van der Waals surface area (Å²) < 4.78 is 67.1. The van der Waals surface area contributed by atoms with Crippen LogP contribution in [0.15, 0.2) is 66.0 Å².